The van der Waals surface area contributed by atoms with Gasteiger partial charge in [-0.2, -0.15) is 5.26 Å². The molecule has 2 aliphatic rings. The first kappa shape index (κ1) is 20.8. The summed E-state index contributed by atoms with van der Waals surface area (Å²) in [6, 6.07) is 11.7. The Morgan fingerprint density at radius 1 is 1.13 bits per heavy atom. The van der Waals surface area contributed by atoms with E-state index in [1.807, 2.05) is 0 Å². The van der Waals surface area contributed by atoms with Crippen LogP contribution in [0.2, 0.25) is 0 Å². The van der Waals surface area contributed by atoms with Crippen LogP contribution in [0.5, 0.6) is 0 Å². The van der Waals surface area contributed by atoms with Crippen molar-refractivity contribution in [3.05, 3.63) is 70.3 Å². The summed E-state index contributed by atoms with van der Waals surface area (Å²) in [6.07, 6.45) is 0.421. The van der Waals surface area contributed by atoms with Gasteiger partial charge in [-0.15, -0.1) is 0 Å². The molecule has 2 saturated heterocycles. The molecule has 0 N–H and O–H groups in total. The largest absolute Gasteiger partial charge is 0.441 e. The number of likely N-dealkylation sites (tertiary alicyclic amines) is 1. The molecule has 2 heterocycles. The molecule has 0 atom stereocenters. The lowest BCUT2D eigenvalue weighted by atomic mass is 9.91. The summed E-state index contributed by atoms with van der Waals surface area (Å²) >= 11 is 0. The van der Waals surface area contributed by atoms with Gasteiger partial charge in [0.25, 0.3) is 5.91 Å². The van der Waals surface area contributed by atoms with E-state index in [0.29, 0.717) is 31.5 Å². The molecule has 0 saturated carbocycles. The molecule has 2 amide bonds. The number of halogens is 2. The van der Waals surface area contributed by atoms with Gasteiger partial charge in [-0.3, -0.25) is 9.69 Å². The molecule has 2 aromatic carbocycles. The number of benzene rings is 2. The Hall–Kier alpha value is -3.47. The number of ether oxygens (including phenoxy) is 1. The van der Waals surface area contributed by atoms with Gasteiger partial charge < -0.3 is 9.64 Å². The van der Waals surface area contributed by atoms with Crippen LogP contribution in [0.15, 0.2) is 36.4 Å². The molecule has 0 bridgehead atoms. The number of hydrogen-bond acceptors (Lipinski definition) is 4. The van der Waals surface area contributed by atoms with Crippen molar-refractivity contribution in [3.8, 4) is 6.07 Å². The molecule has 0 aliphatic carbocycles. The molecule has 0 unspecified atom stereocenters. The standard InChI is InChI=1S/C23H21F2N3O3/c1-15-2-7-18(20(25)19(15)24)21(29)27-10-8-23(9-11-27)14-28(22(30)31-23)13-17-5-3-16(12-26)4-6-17/h2-7H,8-11,13-14H2,1H3. The molecule has 1 spiro atoms. The third kappa shape index (κ3) is 3.96. The zero-order valence-corrected chi connectivity index (χ0v) is 17.0. The summed E-state index contributed by atoms with van der Waals surface area (Å²) in [6.45, 7) is 2.76. The minimum atomic E-state index is -1.13. The monoisotopic (exact) mass is 425 g/mol. The van der Waals surface area contributed by atoms with Gasteiger partial charge in [0, 0.05) is 32.5 Å². The Morgan fingerprint density at radius 3 is 2.45 bits per heavy atom. The first-order chi connectivity index (χ1) is 14.8. The van der Waals surface area contributed by atoms with Crippen LogP contribution in [0.25, 0.3) is 0 Å². The fourth-order valence-corrected chi connectivity index (χ4v) is 4.08. The minimum absolute atomic E-state index is 0.145. The van der Waals surface area contributed by atoms with E-state index in [1.54, 1.807) is 29.2 Å². The summed E-state index contributed by atoms with van der Waals surface area (Å²) in [5, 5.41) is 8.89. The minimum Gasteiger partial charge on any atom is -0.441 e. The third-order valence-corrected chi connectivity index (χ3v) is 5.97. The molecule has 160 valence electrons. The second-order valence-corrected chi connectivity index (χ2v) is 8.07. The number of amides is 2. The normalized spacial score (nSPS) is 17.5. The SMILES string of the molecule is Cc1ccc(C(=O)N2CCC3(CC2)CN(Cc2ccc(C#N)cc2)C(=O)O3)c(F)c1F. The van der Waals surface area contributed by atoms with Gasteiger partial charge in [-0.1, -0.05) is 18.2 Å². The second kappa shape index (κ2) is 7.99. The molecule has 4 rings (SSSR count). The Kier molecular flexibility index (Phi) is 5.36. The van der Waals surface area contributed by atoms with E-state index in [0.717, 1.165) is 5.56 Å². The Labute approximate surface area is 178 Å². The van der Waals surface area contributed by atoms with Crippen LogP contribution in [0.4, 0.5) is 13.6 Å². The predicted octanol–water partition coefficient (Wildman–Crippen LogP) is 3.77. The first-order valence-electron chi connectivity index (χ1n) is 10.0. The predicted molar refractivity (Wildman–Crippen MR) is 107 cm³/mol. The average Bonchev–Trinajstić information content (AvgIpc) is 3.07. The lowest BCUT2D eigenvalue weighted by molar-refractivity contribution is 0.00299. The van der Waals surface area contributed by atoms with Crippen molar-refractivity contribution in [1.82, 2.24) is 9.80 Å². The lowest BCUT2D eigenvalue weighted by Crippen LogP contribution is -2.48. The molecule has 31 heavy (non-hydrogen) atoms. The van der Waals surface area contributed by atoms with Crippen LogP contribution in [-0.2, 0) is 11.3 Å². The van der Waals surface area contributed by atoms with E-state index in [2.05, 4.69) is 6.07 Å². The number of carbonyl (C=O) groups excluding carboxylic acids is 2. The number of piperidine rings is 1. The van der Waals surface area contributed by atoms with Gasteiger partial charge in [0.15, 0.2) is 11.6 Å². The van der Waals surface area contributed by atoms with Gasteiger partial charge in [0.05, 0.1) is 23.7 Å². The van der Waals surface area contributed by atoms with Gasteiger partial charge in [0.1, 0.15) is 5.60 Å². The average molecular weight is 425 g/mol. The van der Waals surface area contributed by atoms with Crippen molar-refractivity contribution >= 4 is 12.0 Å². The highest BCUT2D eigenvalue weighted by Gasteiger charge is 2.47. The van der Waals surface area contributed by atoms with Crippen molar-refractivity contribution in [1.29, 1.82) is 5.26 Å². The van der Waals surface area contributed by atoms with Gasteiger partial charge in [0.2, 0.25) is 0 Å². The van der Waals surface area contributed by atoms with Crippen molar-refractivity contribution in [3.63, 3.8) is 0 Å². The molecular weight excluding hydrogens is 404 g/mol. The zero-order valence-electron chi connectivity index (χ0n) is 17.0. The highest BCUT2D eigenvalue weighted by molar-refractivity contribution is 5.94. The van der Waals surface area contributed by atoms with E-state index in [9.17, 15) is 18.4 Å². The maximum absolute atomic E-state index is 14.2. The van der Waals surface area contributed by atoms with Crippen LogP contribution in [0.1, 0.15) is 39.9 Å². The Balaban J connectivity index is 1.40. The summed E-state index contributed by atoms with van der Waals surface area (Å²) in [5.74, 6) is -2.71. The zero-order chi connectivity index (χ0) is 22.2. The highest BCUT2D eigenvalue weighted by Crippen LogP contribution is 2.34. The van der Waals surface area contributed by atoms with E-state index in [1.165, 1.54) is 24.0 Å². The molecule has 0 aromatic heterocycles. The number of rotatable bonds is 3. The maximum Gasteiger partial charge on any atom is 0.410 e. The van der Waals surface area contributed by atoms with E-state index < -0.39 is 29.2 Å². The highest BCUT2D eigenvalue weighted by atomic mass is 19.2. The Morgan fingerprint density at radius 2 is 1.81 bits per heavy atom. The summed E-state index contributed by atoms with van der Waals surface area (Å²) in [5.41, 5.74) is 0.595. The van der Waals surface area contributed by atoms with Gasteiger partial charge >= 0.3 is 6.09 Å². The van der Waals surface area contributed by atoms with Gasteiger partial charge in [-0.25, -0.2) is 13.6 Å². The number of nitrogens with zero attached hydrogens (tertiary/aromatic N) is 3. The Bertz CT molecular complexity index is 1070. The molecular formula is C23H21F2N3O3. The van der Waals surface area contributed by atoms with E-state index >= 15 is 0 Å². The number of carbonyl (C=O) groups is 2. The van der Waals surface area contributed by atoms with Crippen LogP contribution in [0, 0.1) is 29.9 Å². The van der Waals surface area contributed by atoms with Crippen molar-refractivity contribution in [2.24, 2.45) is 0 Å². The maximum atomic E-state index is 14.2. The smallest absolute Gasteiger partial charge is 0.410 e. The van der Waals surface area contributed by atoms with Gasteiger partial charge in [-0.05, 0) is 36.2 Å². The number of hydrogen-bond donors (Lipinski definition) is 0. The summed E-state index contributed by atoms with van der Waals surface area (Å²) in [7, 11) is 0. The molecule has 2 aliphatic heterocycles. The number of aryl methyl sites for hydroxylation is 1. The van der Waals surface area contributed by atoms with Crippen LogP contribution in [-0.4, -0.2) is 47.0 Å². The molecule has 8 heteroatoms. The summed E-state index contributed by atoms with van der Waals surface area (Å²) < 4.78 is 33.7. The fourth-order valence-electron chi connectivity index (χ4n) is 4.08. The topological polar surface area (TPSA) is 73.6 Å². The summed E-state index contributed by atoms with van der Waals surface area (Å²) in [4.78, 5) is 28.2. The molecule has 6 nitrogen and oxygen atoms in total. The van der Waals surface area contributed by atoms with Crippen molar-refractivity contribution in [2.75, 3.05) is 19.6 Å². The van der Waals surface area contributed by atoms with Crippen molar-refractivity contribution < 1.29 is 23.1 Å². The second-order valence-electron chi connectivity index (χ2n) is 8.07. The molecule has 2 fully saturated rings. The van der Waals surface area contributed by atoms with Crippen LogP contribution in [0.3, 0.4) is 0 Å². The fraction of sp³-hybridized carbons (Fsp3) is 0.348. The molecule has 2 aromatic rings. The number of nitriles is 1. The lowest BCUT2D eigenvalue weighted by Gasteiger charge is -2.37. The molecule has 0 radical (unpaired) electrons. The van der Waals surface area contributed by atoms with Crippen LogP contribution >= 0.6 is 0 Å². The van der Waals surface area contributed by atoms with E-state index in [-0.39, 0.29) is 24.2 Å². The van der Waals surface area contributed by atoms with Crippen LogP contribution < -0.4 is 0 Å². The quantitative estimate of drug-likeness (QED) is 0.750. The van der Waals surface area contributed by atoms with Crippen molar-refractivity contribution in [2.45, 2.75) is 31.9 Å². The first-order valence-corrected chi connectivity index (χ1v) is 10.0. The third-order valence-electron chi connectivity index (χ3n) is 5.97. The van der Waals surface area contributed by atoms with E-state index in [4.69, 9.17) is 10.00 Å².